The summed E-state index contributed by atoms with van der Waals surface area (Å²) in [5.74, 6) is -0.103. The molecule has 82 valence electrons. The molecule has 2 heteroatoms. The van der Waals surface area contributed by atoms with Crippen molar-refractivity contribution in [1.29, 1.82) is 0 Å². The second-order valence-electron chi connectivity index (χ2n) is 5.78. The number of carboxylic acid groups (broad SMARTS) is 1. The van der Waals surface area contributed by atoms with Crippen LogP contribution in [-0.2, 0) is 4.79 Å². The summed E-state index contributed by atoms with van der Waals surface area (Å²) in [4.78, 5) is 11.1. The second-order valence-corrected chi connectivity index (χ2v) is 5.78. The van der Waals surface area contributed by atoms with E-state index in [-0.39, 0.29) is 11.8 Å². The molecule has 1 aliphatic carbocycles. The summed E-state index contributed by atoms with van der Waals surface area (Å²) < 4.78 is 0. The Kier molecular flexibility index (Phi) is 3.23. The van der Waals surface area contributed by atoms with Gasteiger partial charge in [0.05, 0.1) is 5.92 Å². The van der Waals surface area contributed by atoms with Crippen molar-refractivity contribution in [2.24, 2.45) is 23.2 Å². The van der Waals surface area contributed by atoms with Crippen molar-refractivity contribution in [1.82, 2.24) is 0 Å². The molecule has 0 spiro atoms. The van der Waals surface area contributed by atoms with Crippen molar-refractivity contribution < 1.29 is 9.90 Å². The van der Waals surface area contributed by atoms with Crippen molar-refractivity contribution in [3.05, 3.63) is 0 Å². The number of carbonyl (C=O) groups is 1. The van der Waals surface area contributed by atoms with Crippen molar-refractivity contribution in [2.75, 3.05) is 0 Å². The number of rotatable bonds is 3. The summed E-state index contributed by atoms with van der Waals surface area (Å²) >= 11 is 0. The van der Waals surface area contributed by atoms with E-state index in [4.69, 9.17) is 0 Å². The summed E-state index contributed by atoms with van der Waals surface area (Å²) in [6.45, 7) is 8.52. The van der Waals surface area contributed by atoms with E-state index in [2.05, 4.69) is 13.8 Å². The molecule has 0 heterocycles. The highest BCUT2D eigenvalue weighted by Gasteiger charge is 2.39. The van der Waals surface area contributed by atoms with Gasteiger partial charge in [0.15, 0.2) is 0 Å². The molecule has 1 rings (SSSR count). The van der Waals surface area contributed by atoms with Gasteiger partial charge in [0.25, 0.3) is 0 Å². The molecule has 14 heavy (non-hydrogen) atoms. The first-order valence-corrected chi connectivity index (χ1v) is 5.56. The maximum Gasteiger partial charge on any atom is 0.307 e. The topological polar surface area (TPSA) is 37.3 Å². The molecule has 0 amide bonds. The lowest BCUT2D eigenvalue weighted by molar-refractivity contribution is -0.145. The van der Waals surface area contributed by atoms with Gasteiger partial charge in [0, 0.05) is 0 Å². The first kappa shape index (κ1) is 11.5. The van der Waals surface area contributed by atoms with Crippen LogP contribution in [-0.4, -0.2) is 11.1 Å². The van der Waals surface area contributed by atoms with Gasteiger partial charge in [-0.05, 0) is 36.5 Å². The molecule has 0 bridgehead atoms. The average Bonchev–Trinajstić information content (AvgIpc) is 2.28. The molecular formula is C12H22O2. The summed E-state index contributed by atoms with van der Waals surface area (Å²) in [7, 11) is 0. The van der Waals surface area contributed by atoms with Gasteiger partial charge in [0.1, 0.15) is 0 Å². The van der Waals surface area contributed by atoms with E-state index in [0.717, 1.165) is 12.8 Å². The minimum atomic E-state index is -0.609. The zero-order valence-electron chi connectivity index (χ0n) is 9.71. The lowest BCUT2D eigenvalue weighted by Crippen LogP contribution is -2.27. The Morgan fingerprint density at radius 3 is 2.29 bits per heavy atom. The third kappa shape index (κ3) is 2.49. The first-order valence-electron chi connectivity index (χ1n) is 5.56. The molecule has 2 nitrogen and oxygen atoms in total. The zero-order valence-corrected chi connectivity index (χ0v) is 9.71. The smallest absolute Gasteiger partial charge is 0.307 e. The van der Waals surface area contributed by atoms with Crippen LogP contribution in [0.4, 0.5) is 0 Å². The van der Waals surface area contributed by atoms with Crippen LogP contribution in [0.2, 0.25) is 0 Å². The molecule has 1 N–H and O–H groups in total. The highest BCUT2D eigenvalue weighted by Crippen LogP contribution is 2.45. The maximum atomic E-state index is 11.1. The van der Waals surface area contributed by atoms with Crippen LogP contribution >= 0.6 is 0 Å². The second kappa shape index (κ2) is 3.92. The van der Waals surface area contributed by atoms with Gasteiger partial charge in [-0.3, -0.25) is 4.79 Å². The van der Waals surface area contributed by atoms with Crippen LogP contribution in [0.5, 0.6) is 0 Å². The van der Waals surface area contributed by atoms with Crippen molar-refractivity contribution in [2.45, 2.75) is 47.0 Å². The molecule has 0 aromatic heterocycles. The van der Waals surface area contributed by atoms with Crippen LogP contribution in [0.1, 0.15) is 47.0 Å². The fourth-order valence-corrected chi connectivity index (χ4v) is 2.83. The minimum Gasteiger partial charge on any atom is -0.481 e. The van der Waals surface area contributed by atoms with E-state index < -0.39 is 5.97 Å². The monoisotopic (exact) mass is 198 g/mol. The third-order valence-corrected chi connectivity index (χ3v) is 3.52. The lowest BCUT2D eigenvalue weighted by atomic mass is 9.80. The quantitative estimate of drug-likeness (QED) is 0.756. The average molecular weight is 198 g/mol. The number of carboxylic acids is 1. The Morgan fingerprint density at radius 1 is 1.43 bits per heavy atom. The Morgan fingerprint density at radius 2 is 2.00 bits per heavy atom. The van der Waals surface area contributed by atoms with Crippen LogP contribution in [0, 0.1) is 23.2 Å². The fourth-order valence-electron chi connectivity index (χ4n) is 2.83. The number of aliphatic carboxylic acids is 1. The van der Waals surface area contributed by atoms with E-state index >= 15 is 0 Å². The van der Waals surface area contributed by atoms with E-state index in [9.17, 15) is 9.90 Å². The van der Waals surface area contributed by atoms with E-state index in [1.807, 2.05) is 13.8 Å². The summed E-state index contributed by atoms with van der Waals surface area (Å²) in [5, 5.41) is 9.17. The normalized spacial score (nSPS) is 27.9. The predicted octanol–water partition coefficient (Wildman–Crippen LogP) is 3.17. The summed E-state index contributed by atoms with van der Waals surface area (Å²) in [6, 6.07) is 0. The zero-order chi connectivity index (χ0) is 10.9. The Bertz CT molecular complexity index is 218. The largest absolute Gasteiger partial charge is 0.481 e. The predicted molar refractivity (Wildman–Crippen MR) is 57.1 cm³/mol. The molecule has 1 fully saturated rings. The summed E-state index contributed by atoms with van der Waals surface area (Å²) in [5.41, 5.74) is 0.354. The van der Waals surface area contributed by atoms with Crippen LogP contribution in [0.3, 0.4) is 0 Å². The van der Waals surface area contributed by atoms with Gasteiger partial charge in [-0.1, -0.05) is 27.7 Å². The van der Waals surface area contributed by atoms with Gasteiger partial charge >= 0.3 is 5.97 Å². The van der Waals surface area contributed by atoms with E-state index in [0.29, 0.717) is 11.3 Å². The van der Waals surface area contributed by atoms with E-state index in [1.54, 1.807) is 0 Å². The van der Waals surface area contributed by atoms with Crippen molar-refractivity contribution in [3.63, 3.8) is 0 Å². The maximum absolute atomic E-state index is 11.1. The lowest BCUT2D eigenvalue weighted by Gasteiger charge is -2.24. The number of hydrogen-bond acceptors (Lipinski definition) is 1. The molecule has 0 radical (unpaired) electrons. The fraction of sp³-hybridized carbons (Fsp3) is 0.917. The van der Waals surface area contributed by atoms with Gasteiger partial charge in [-0.2, -0.15) is 0 Å². The van der Waals surface area contributed by atoms with Gasteiger partial charge in [-0.15, -0.1) is 0 Å². The van der Waals surface area contributed by atoms with E-state index in [1.165, 1.54) is 6.42 Å². The highest BCUT2D eigenvalue weighted by molar-refractivity contribution is 5.70. The van der Waals surface area contributed by atoms with Crippen LogP contribution in [0.25, 0.3) is 0 Å². The molecule has 1 aliphatic rings. The molecule has 2 unspecified atom stereocenters. The third-order valence-electron chi connectivity index (χ3n) is 3.52. The molecule has 0 aliphatic heterocycles. The molecule has 0 aromatic rings. The Labute approximate surface area is 86.7 Å². The number of hydrogen-bond donors (Lipinski definition) is 1. The van der Waals surface area contributed by atoms with Crippen LogP contribution < -0.4 is 0 Å². The molecule has 0 saturated heterocycles. The minimum absolute atomic E-state index is 0.142. The summed E-state index contributed by atoms with van der Waals surface area (Å²) in [6.07, 6.45) is 3.33. The van der Waals surface area contributed by atoms with Gasteiger partial charge in [0.2, 0.25) is 0 Å². The highest BCUT2D eigenvalue weighted by atomic mass is 16.4. The first-order chi connectivity index (χ1) is 6.33. The van der Waals surface area contributed by atoms with Gasteiger partial charge < -0.3 is 5.11 Å². The van der Waals surface area contributed by atoms with Gasteiger partial charge in [-0.25, -0.2) is 0 Å². The standard InChI is InChI=1S/C12H22O2/c1-8(2)10(11(13)14)9-5-6-12(3,4)7-9/h8-10H,5-7H2,1-4H3,(H,13,14). The van der Waals surface area contributed by atoms with Crippen molar-refractivity contribution in [3.8, 4) is 0 Å². The molecule has 2 atom stereocenters. The molecule has 1 saturated carbocycles. The molecule has 0 aromatic carbocycles. The van der Waals surface area contributed by atoms with Crippen LogP contribution in [0.15, 0.2) is 0 Å². The Balaban J connectivity index is 2.68. The van der Waals surface area contributed by atoms with Crippen molar-refractivity contribution >= 4 is 5.97 Å². The molecular weight excluding hydrogens is 176 g/mol. The SMILES string of the molecule is CC(C)C(C(=O)O)C1CCC(C)(C)C1. The Hall–Kier alpha value is -0.530.